The third kappa shape index (κ3) is 1.26. The molecule has 0 radical (unpaired) electrons. The number of aromatic nitrogens is 1. The van der Waals surface area contributed by atoms with Crippen molar-refractivity contribution in [3.8, 4) is 12.3 Å². The Bertz CT molecular complexity index is 408. The van der Waals surface area contributed by atoms with Crippen molar-refractivity contribution in [1.82, 2.24) is 4.57 Å². The lowest BCUT2D eigenvalue weighted by molar-refractivity contribution is 0.0971. The Morgan fingerprint density at radius 2 is 2.36 bits per heavy atom. The van der Waals surface area contributed by atoms with Gasteiger partial charge >= 0.3 is 0 Å². The van der Waals surface area contributed by atoms with Crippen LogP contribution in [0.2, 0.25) is 0 Å². The molecular weight excluding hydrogens is 174 g/mol. The molecule has 0 saturated carbocycles. The van der Waals surface area contributed by atoms with Gasteiger partial charge in [0.25, 0.3) is 0 Å². The minimum atomic E-state index is 0.0460. The van der Waals surface area contributed by atoms with E-state index in [1.54, 1.807) is 0 Å². The molecule has 2 rings (SSSR count). The highest BCUT2D eigenvalue weighted by Gasteiger charge is 2.21. The molecule has 1 aliphatic carbocycles. The topological polar surface area (TPSA) is 22.0 Å². The Morgan fingerprint density at radius 1 is 1.57 bits per heavy atom. The highest BCUT2D eigenvalue weighted by molar-refractivity contribution is 5.98. The molecule has 0 saturated heterocycles. The van der Waals surface area contributed by atoms with Crippen molar-refractivity contribution in [3.63, 3.8) is 0 Å². The van der Waals surface area contributed by atoms with Crippen molar-refractivity contribution in [1.29, 1.82) is 0 Å². The van der Waals surface area contributed by atoms with Crippen molar-refractivity contribution in [2.75, 3.05) is 0 Å². The molecule has 0 amide bonds. The van der Waals surface area contributed by atoms with Gasteiger partial charge in [0.15, 0.2) is 5.78 Å². The lowest BCUT2D eigenvalue weighted by atomic mass is 9.96. The number of fused-ring (bicyclic) bond motifs is 1. The Kier molecular flexibility index (Phi) is 2.17. The summed E-state index contributed by atoms with van der Waals surface area (Å²) in [4.78, 5) is 11.5. The Morgan fingerprint density at radius 3 is 3.07 bits per heavy atom. The lowest BCUT2D eigenvalue weighted by Crippen LogP contribution is -2.14. The van der Waals surface area contributed by atoms with Crippen LogP contribution in [0.5, 0.6) is 0 Å². The standard InChI is InChI=1S/C12H13NO/c1-3-9(2)13-8-7-10-11(13)5-4-6-12(10)14/h1,7-9H,4-6H2,2H3. The summed E-state index contributed by atoms with van der Waals surface area (Å²) in [5.41, 5.74) is 1.99. The molecular formula is C12H13NO. The molecule has 14 heavy (non-hydrogen) atoms. The second-order valence-corrected chi connectivity index (χ2v) is 3.70. The molecule has 1 atom stereocenters. The molecule has 72 valence electrons. The van der Waals surface area contributed by atoms with Crippen molar-refractivity contribution >= 4 is 5.78 Å². The predicted molar refractivity (Wildman–Crippen MR) is 55.2 cm³/mol. The van der Waals surface area contributed by atoms with Gasteiger partial charge in [-0.25, -0.2) is 0 Å². The number of rotatable bonds is 1. The smallest absolute Gasteiger partial charge is 0.164 e. The molecule has 2 nitrogen and oxygen atoms in total. The number of ketones is 1. The number of carbonyl (C=O) groups is 1. The highest BCUT2D eigenvalue weighted by Crippen LogP contribution is 2.24. The fourth-order valence-electron chi connectivity index (χ4n) is 1.99. The summed E-state index contributed by atoms with van der Waals surface area (Å²) < 4.78 is 2.03. The van der Waals surface area contributed by atoms with E-state index in [1.165, 1.54) is 0 Å². The van der Waals surface area contributed by atoms with Gasteiger partial charge in [0.2, 0.25) is 0 Å². The first-order valence-corrected chi connectivity index (χ1v) is 4.93. The first-order valence-electron chi connectivity index (χ1n) is 4.93. The first-order chi connectivity index (χ1) is 6.74. The maximum Gasteiger partial charge on any atom is 0.164 e. The summed E-state index contributed by atoms with van der Waals surface area (Å²) in [6, 6.07) is 1.94. The van der Waals surface area contributed by atoms with Crippen molar-refractivity contribution in [3.05, 3.63) is 23.5 Å². The van der Waals surface area contributed by atoms with Crippen LogP contribution < -0.4 is 0 Å². The molecule has 1 unspecified atom stereocenters. The average Bonchev–Trinajstić information content (AvgIpc) is 2.62. The second-order valence-electron chi connectivity index (χ2n) is 3.70. The van der Waals surface area contributed by atoms with Gasteiger partial charge in [0.1, 0.15) is 0 Å². The Hall–Kier alpha value is -1.49. The fourth-order valence-corrected chi connectivity index (χ4v) is 1.99. The van der Waals surface area contributed by atoms with E-state index >= 15 is 0 Å². The monoisotopic (exact) mass is 187 g/mol. The van der Waals surface area contributed by atoms with Gasteiger partial charge in [-0.15, -0.1) is 6.42 Å². The van der Waals surface area contributed by atoms with Crippen LogP contribution in [0.15, 0.2) is 12.3 Å². The van der Waals surface area contributed by atoms with Crippen LogP contribution in [-0.2, 0) is 6.42 Å². The van der Waals surface area contributed by atoms with Gasteiger partial charge in [0, 0.05) is 23.9 Å². The zero-order valence-electron chi connectivity index (χ0n) is 8.29. The van der Waals surface area contributed by atoms with E-state index in [0.717, 1.165) is 24.1 Å². The van der Waals surface area contributed by atoms with Gasteiger partial charge in [-0.1, -0.05) is 5.92 Å². The predicted octanol–water partition coefficient (Wildman–Crippen LogP) is 2.20. The van der Waals surface area contributed by atoms with E-state index in [9.17, 15) is 4.79 Å². The number of terminal acetylenes is 1. The average molecular weight is 187 g/mol. The molecule has 0 N–H and O–H groups in total. The maximum atomic E-state index is 11.5. The van der Waals surface area contributed by atoms with Crippen LogP contribution in [-0.4, -0.2) is 10.4 Å². The third-order valence-corrected chi connectivity index (χ3v) is 2.80. The molecule has 0 fully saturated rings. The molecule has 1 aromatic heterocycles. The van der Waals surface area contributed by atoms with Crippen molar-refractivity contribution in [2.45, 2.75) is 32.2 Å². The van der Waals surface area contributed by atoms with Gasteiger partial charge in [-0.2, -0.15) is 0 Å². The highest BCUT2D eigenvalue weighted by atomic mass is 16.1. The number of carbonyl (C=O) groups excluding carboxylic acids is 1. The Labute approximate surface area is 83.9 Å². The number of hydrogen-bond acceptors (Lipinski definition) is 1. The van der Waals surface area contributed by atoms with E-state index in [1.807, 2.05) is 23.8 Å². The van der Waals surface area contributed by atoms with E-state index in [2.05, 4.69) is 5.92 Å². The molecule has 1 aliphatic rings. The van der Waals surface area contributed by atoms with Crippen LogP contribution in [0.25, 0.3) is 0 Å². The second kappa shape index (κ2) is 3.34. The van der Waals surface area contributed by atoms with Crippen molar-refractivity contribution in [2.24, 2.45) is 0 Å². The molecule has 2 heteroatoms. The summed E-state index contributed by atoms with van der Waals surface area (Å²) in [5.74, 6) is 2.94. The molecule has 1 heterocycles. The maximum absolute atomic E-state index is 11.5. The first kappa shape index (κ1) is 9.08. The minimum absolute atomic E-state index is 0.0460. The summed E-state index contributed by atoms with van der Waals surface area (Å²) in [5, 5.41) is 0. The quantitative estimate of drug-likeness (QED) is 0.618. The largest absolute Gasteiger partial charge is 0.337 e. The molecule has 0 aromatic carbocycles. The van der Waals surface area contributed by atoms with Crippen LogP contribution >= 0.6 is 0 Å². The van der Waals surface area contributed by atoms with E-state index in [0.29, 0.717) is 6.42 Å². The molecule has 1 aromatic rings. The summed E-state index contributed by atoms with van der Waals surface area (Å²) >= 11 is 0. The zero-order valence-corrected chi connectivity index (χ0v) is 8.29. The van der Waals surface area contributed by atoms with Crippen LogP contribution in [0.3, 0.4) is 0 Å². The minimum Gasteiger partial charge on any atom is -0.337 e. The Balaban J connectivity index is 2.47. The van der Waals surface area contributed by atoms with Crippen LogP contribution in [0.1, 0.15) is 41.9 Å². The molecule has 0 spiro atoms. The fraction of sp³-hybridized carbons (Fsp3) is 0.417. The normalized spacial score (nSPS) is 17.3. The van der Waals surface area contributed by atoms with Gasteiger partial charge < -0.3 is 4.57 Å². The van der Waals surface area contributed by atoms with Gasteiger partial charge in [-0.3, -0.25) is 4.79 Å². The summed E-state index contributed by atoms with van der Waals surface area (Å²) in [6.07, 6.45) is 9.91. The lowest BCUT2D eigenvalue weighted by Gasteiger charge is -2.16. The summed E-state index contributed by atoms with van der Waals surface area (Å²) in [6.45, 7) is 1.97. The van der Waals surface area contributed by atoms with E-state index in [-0.39, 0.29) is 11.8 Å². The number of nitrogens with zero attached hydrogens (tertiary/aromatic N) is 1. The molecule has 0 bridgehead atoms. The van der Waals surface area contributed by atoms with Crippen molar-refractivity contribution < 1.29 is 4.79 Å². The van der Waals surface area contributed by atoms with Gasteiger partial charge in [-0.05, 0) is 25.8 Å². The number of hydrogen-bond donors (Lipinski definition) is 0. The SMILES string of the molecule is C#CC(C)n1ccc2c1CCCC2=O. The third-order valence-electron chi connectivity index (χ3n) is 2.80. The van der Waals surface area contributed by atoms with E-state index in [4.69, 9.17) is 6.42 Å². The van der Waals surface area contributed by atoms with E-state index < -0.39 is 0 Å². The van der Waals surface area contributed by atoms with Gasteiger partial charge in [0.05, 0.1) is 6.04 Å². The van der Waals surface area contributed by atoms with Crippen LogP contribution in [0.4, 0.5) is 0 Å². The zero-order chi connectivity index (χ0) is 10.1. The summed E-state index contributed by atoms with van der Waals surface area (Å²) in [7, 11) is 0. The number of Topliss-reactive ketones (excluding diaryl/α,β-unsaturated/α-hetero) is 1. The molecule has 0 aliphatic heterocycles. The van der Waals surface area contributed by atoms with Crippen LogP contribution in [0, 0.1) is 12.3 Å².